The van der Waals surface area contributed by atoms with Gasteiger partial charge in [0.25, 0.3) is 6.73 Å². The van der Waals surface area contributed by atoms with Crippen LogP contribution >= 0.6 is 0 Å². The van der Waals surface area contributed by atoms with Crippen LogP contribution in [-0.2, 0) is 5.41 Å². The third-order valence-corrected chi connectivity index (χ3v) is 7.72. The molecule has 33 heavy (non-hydrogen) atoms. The van der Waals surface area contributed by atoms with Crippen molar-refractivity contribution in [3.63, 3.8) is 0 Å². The van der Waals surface area contributed by atoms with E-state index in [-0.39, 0.29) is 5.41 Å². The Kier molecular flexibility index (Phi) is 5.97. The van der Waals surface area contributed by atoms with Crippen LogP contribution in [0, 0.1) is 5.92 Å². The lowest BCUT2D eigenvalue weighted by Gasteiger charge is -2.35. The van der Waals surface area contributed by atoms with Crippen molar-refractivity contribution in [3.8, 4) is 11.5 Å². The fourth-order valence-corrected chi connectivity index (χ4v) is 5.73. The van der Waals surface area contributed by atoms with Crippen LogP contribution in [-0.4, -0.2) is 30.7 Å². The van der Waals surface area contributed by atoms with Gasteiger partial charge >= 0.3 is 0 Å². The standard InChI is InChI=1S/C30H34NO2/c1-22-12-10-11-17-28(22)31-20-23-18-26(32-3)19-27(29(23)33-21-31)30(2,24-13-6-4-7-14-24)25-15-8-5-9-16-25/h4-9,13-16,18-20,22,28H,10-12,17,21H2,1-3H3/q+1. The van der Waals surface area contributed by atoms with E-state index in [1.807, 2.05) is 0 Å². The molecule has 3 aromatic rings. The normalized spacial score (nSPS) is 20.4. The monoisotopic (exact) mass is 440 g/mol. The number of methoxy groups -OCH3 is 1. The SMILES string of the molecule is COc1cc2c(c(C(C)(c3ccccc3)c3ccccc3)c1)OC[N+](C1CCCCC1C)=C2. The van der Waals surface area contributed by atoms with E-state index in [1.54, 1.807) is 7.11 Å². The molecule has 1 saturated carbocycles. The van der Waals surface area contributed by atoms with Gasteiger partial charge in [-0.3, -0.25) is 0 Å². The Hall–Kier alpha value is -3.07. The third-order valence-electron chi connectivity index (χ3n) is 7.72. The van der Waals surface area contributed by atoms with Crippen molar-refractivity contribution >= 4 is 6.21 Å². The summed E-state index contributed by atoms with van der Waals surface area (Å²) in [5, 5.41) is 0. The molecule has 0 bridgehead atoms. The molecular formula is C30H34NO2+. The van der Waals surface area contributed by atoms with Gasteiger partial charge in [0, 0.05) is 23.3 Å². The molecule has 1 aliphatic carbocycles. The number of fused-ring (bicyclic) bond motifs is 1. The Labute approximate surface area is 197 Å². The van der Waals surface area contributed by atoms with Gasteiger partial charge in [-0.2, -0.15) is 4.58 Å². The van der Waals surface area contributed by atoms with Crippen molar-refractivity contribution in [1.29, 1.82) is 0 Å². The highest BCUT2D eigenvalue weighted by Gasteiger charge is 2.39. The van der Waals surface area contributed by atoms with E-state index in [4.69, 9.17) is 9.47 Å². The van der Waals surface area contributed by atoms with Crippen molar-refractivity contribution < 1.29 is 14.0 Å². The van der Waals surface area contributed by atoms with Crippen LogP contribution in [0.4, 0.5) is 0 Å². The van der Waals surface area contributed by atoms with Crippen molar-refractivity contribution in [2.75, 3.05) is 13.8 Å². The molecule has 3 heteroatoms. The Morgan fingerprint density at radius 1 is 0.909 bits per heavy atom. The molecule has 2 unspecified atom stereocenters. The van der Waals surface area contributed by atoms with Gasteiger partial charge in [0.15, 0.2) is 12.3 Å². The van der Waals surface area contributed by atoms with Crippen LogP contribution in [0.15, 0.2) is 72.8 Å². The molecule has 0 radical (unpaired) electrons. The fourth-order valence-electron chi connectivity index (χ4n) is 5.73. The summed E-state index contributed by atoms with van der Waals surface area (Å²) in [7, 11) is 1.75. The predicted molar refractivity (Wildman–Crippen MR) is 134 cm³/mol. The number of benzene rings is 3. The second-order valence-corrected chi connectivity index (χ2v) is 9.70. The summed E-state index contributed by atoms with van der Waals surface area (Å²) in [4.78, 5) is 0. The largest absolute Gasteiger partial charge is 0.497 e. The van der Waals surface area contributed by atoms with E-state index in [2.05, 4.69) is 97.4 Å². The second-order valence-electron chi connectivity index (χ2n) is 9.70. The van der Waals surface area contributed by atoms with Crippen molar-refractivity contribution in [2.45, 2.75) is 51.0 Å². The maximum Gasteiger partial charge on any atom is 0.287 e. The zero-order valence-electron chi connectivity index (χ0n) is 20.0. The molecule has 0 amide bonds. The maximum absolute atomic E-state index is 6.60. The molecule has 0 spiro atoms. The molecule has 1 heterocycles. The second kappa shape index (κ2) is 9.05. The molecule has 3 aromatic carbocycles. The van der Waals surface area contributed by atoms with Gasteiger partial charge in [-0.05, 0) is 43.0 Å². The van der Waals surface area contributed by atoms with E-state index < -0.39 is 0 Å². The van der Waals surface area contributed by atoms with Crippen LogP contribution in [0.1, 0.15) is 61.8 Å². The van der Waals surface area contributed by atoms with E-state index in [0.29, 0.717) is 18.7 Å². The van der Waals surface area contributed by atoms with Gasteiger partial charge in [0.05, 0.1) is 12.7 Å². The number of nitrogens with zero attached hydrogens (tertiary/aromatic N) is 1. The Bertz CT molecular complexity index is 1100. The number of hydrogen-bond donors (Lipinski definition) is 0. The first-order valence-corrected chi connectivity index (χ1v) is 12.2. The zero-order valence-corrected chi connectivity index (χ0v) is 20.0. The van der Waals surface area contributed by atoms with E-state index >= 15 is 0 Å². The van der Waals surface area contributed by atoms with Crippen LogP contribution in [0.25, 0.3) is 0 Å². The van der Waals surface area contributed by atoms with Gasteiger partial charge in [-0.25, -0.2) is 0 Å². The molecule has 5 rings (SSSR count). The summed E-state index contributed by atoms with van der Waals surface area (Å²) < 4.78 is 14.8. The Balaban J connectivity index is 1.69. The van der Waals surface area contributed by atoms with Crippen LogP contribution in [0.3, 0.4) is 0 Å². The lowest BCUT2D eigenvalue weighted by Crippen LogP contribution is -2.40. The van der Waals surface area contributed by atoms with Crippen molar-refractivity contribution in [3.05, 3.63) is 95.1 Å². The van der Waals surface area contributed by atoms with E-state index in [1.165, 1.54) is 36.8 Å². The minimum Gasteiger partial charge on any atom is -0.497 e. The van der Waals surface area contributed by atoms with Gasteiger partial charge in [-0.15, -0.1) is 0 Å². The summed E-state index contributed by atoms with van der Waals surface area (Å²) in [5.74, 6) is 2.51. The average Bonchev–Trinajstić information content (AvgIpc) is 2.88. The molecule has 0 N–H and O–H groups in total. The topological polar surface area (TPSA) is 21.5 Å². The molecule has 1 aliphatic heterocycles. The summed E-state index contributed by atoms with van der Waals surface area (Å²) in [6, 6.07) is 26.3. The molecular weight excluding hydrogens is 406 g/mol. The summed E-state index contributed by atoms with van der Waals surface area (Å²) in [6.07, 6.45) is 7.49. The lowest BCUT2D eigenvalue weighted by molar-refractivity contribution is -0.601. The summed E-state index contributed by atoms with van der Waals surface area (Å²) in [5.41, 5.74) is 4.33. The van der Waals surface area contributed by atoms with Gasteiger partial charge < -0.3 is 9.47 Å². The summed E-state index contributed by atoms with van der Waals surface area (Å²) >= 11 is 0. The van der Waals surface area contributed by atoms with Crippen molar-refractivity contribution in [2.24, 2.45) is 5.92 Å². The molecule has 0 saturated heterocycles. The first-order valence-electron chi connectivity index (χ1n) is 12.2. The first kappa shape index (κ1) is 21.8. The lowest BCUT2D eigenvalue weighted by atomic mass is 9.70. The highest BCUT2D eigenvalue weighted by atomic mass is 16.5. The molecule has 2 aliphatic rings. The maximum atomic E-state index is 6.60. The van der Waals surface area contributed by atoms with Crippen LogP contribution in [0.5, 0.6) is 11.5 Å². The van der Waals surface area contributed by atoms with Gasteiger partial charge in [0.2, 0.25) is 0 Å². The highest BCUT2D eigenvalue weighted by molar-refractivity contribution is 5.83. The average molecular weight is 441 g/mol. The quantitative estimate of drug-likeness (QED) is 0.338. The van der Waals surface area contributed by atoms with Gasteiger partial charge in [-0.1, -0.05) is 74.0 Å². The Morgan fingerprint density at radius 2 is 1.55 bits per heavy atom. The molecule has 0 aromatic heterocycles. The number of rotatable bonds is 5. The van der Waals surface area contributed by atoms with Crippen LogP contribution < -0.4 is 9.47 Å². The smallest absolute Gasteiger partial charge is 0.287 e. The highest BCUT2D eigenvalue weighted by Crippen LogP contribution is 2.46. The molecule has 3 nitrogen and oxygen atoms in total. The minimum atomic E-state index is -0.380. The Morgan fingerprint density at radius 3 is 2.15 bits per heavy atom. The fraction of sp³-hybridized carbons (Fsp3) is 0.367. The first-order chi connectivity index (χ1) is 16.1. The minimum absolute atomic E-state index is 0.380. The van der Waals surface area contributed by atoms with Gasteiger partial charge in [0.1, 0.15) is 11.5 Å². The number of hydrogen-bond acceptors (Lipinski definition) is 2. The summed E-state index contributed by atoms with van der Waals surface area (Å²) in [6.45, 7) is 5.28. The van der Waals surface area contributed by atoms with Crippen LogP contribution in [0.2, 0.25) is 0 Å². The van der Waals surface area contributed by atoms with E-state index in [9.17, 15) is 0 Å². The zero-order chi connectivity index (χ0) is 22.8. The third kappa shape index (κ3) is 3.94. The molecule has 2 atom stereocenters. The number of ether oxygens (including phenoxy) is 2. The predicted octanol–water partition coefficient (Wildman–Crippen LogP) is 6.41. The molecule has 1 fully saturated rings. The van der Waals surface area contributed by atoms with Crippen molar-refractivity contribution in [1.82, 2.24) is 0 Å². The van der Waals surface area contributed by atoms with E-state index in [0.717, 1.165) is 22.6 Å². The molecule has 170 valence electrons.